The van der Waals surface area contributed by atoms with E-state index in [9.17, 15) is 9.18 Å². The van der Waals surface area contributed by atoms with Crippen molar-refractivity contribution in [1.29, 1.82) is 0 Å². The molecule has 0 spiro atoms. The molecule has 0 saturated carbocycles. The number of aromatic carboxylic acids is 1. The van der Waals surface area contributed by atoms with E-state index in [-0.39, 0.29) is 5.56 Å². The molecule has 6 heteroatoms. The lowest BCUT2D eigenvalue weighted by Crippen LogP contribution is -1.99. The fraction of sp³-hybridized carbons (Fsp3) is 0.0769. The van der Waals surface area contributed by atoms with Crippen LogP contribution in [0.15, 0.2) is 41.4 Å². The number of nitrogen functional groups attached to an aromatic ring is 1. The zero-order valence-corrected chi connectivity index (χ0v) is 10.7. The second kappa shape index (κ2) is 5.71. The summed E-state index contributed by atoms with van der Waals surface area (Å²) in [4.78, 5) is 15.6. The quantitative estimate of drug-likeness (QED) is 0.841. The monoisotopic (exact) mass is 278 g/mol. The molecule has 0 amide bonds. The van der Waals surface area contributed by atoms with Crippen LogP contribution in [0.4, 0.5) is 10.2 Å². The van der Waals surface area contributed by atoms with Crippen molar-refractivity contribution in [1.82, 2.24) is 4.98 Å². The van der Waals surface area contributed by atoms with Gasteiger partial charge in [0.05, 0.1) is 5.56 Å². The number of nitrogens with two attached hydrogens (primary N) is 1. The van der Waals surface area contributed by atoms with E-state index in [1.54, 1.807) is 18.3 Å². The molecule has 98 valence electrons. The Labute approximate surface area is 113 Å². The van der Waals surface area contributed by atoms with Gasteiger partial charge in [-0.1, -0.05) is 0 Å². The number of thioether (sulfide) groups is 1. The lowest BCUT2D eigenvalue weighted by Gasteiger charge is -2.05. The molecule has 2 rings (SSSR count). The highest BCUT2D eigenvalue weighted by molar-refractivity contribution is 7.98. The molecule has 0 fully saturated rings. The van der Waals surface area contributed by atoms with Crippen LogP contribution in [0, 0.1) is 5.82 Å². The molecule has 0 saturated heterocycles. The van der Waals surface area contributed by atoms with Gasteiger partial charge in [-0.05, 0) is 35.9 Å². The van der Waals surface area contributed by atoms with E-state index >= 15 is 0 Å². The van der Waals surface area contributed by atoms with Crippen LogP contribution >= 0.6 is 11.8 Å². The maximum absolute atomic E-state index is 13.6. The van der Waals surface area contributed by atoms with Crippen molar-refractivity contribution in [3.63, 3.8) is 0 Å². The number of hydrogen-bond donors (Lipinski definition) is 2. The zero-order valence-electron chi connectivity index (χ0n) is 9.84. The van der Waals surface area contributed by atoms with Crippen LogP contribution in [0.1, 0.15) is 15.9 Å². The van der Waals surface area contributed by atoms with Gasteiger partial charge in [-0.25, -0.2) is 14.2 Å². The molecule has 0 aliphatic heterocycles. The number of carboxylic acid groups (broad SMARTS) is 1. The number of rotatable bonds is 4. The normalized spacial score (nSPS) is 10.4. The number of carboxylic acids is 1. The molecule has 0 atom stereocenters. The van der Waals surface area contributed by atoms with Crippen LogP contribution in [-0.2, 0) is 5.75 Å². The van der Waals surface area contributed by atoms with Crippen molar-refractivity contribution in [2.75, 3.05) is 5.73 Å². The number of hydrogen-bond acceptors (Lipinski definition) is 4. The summed E-state index contributed by atoms with van der Waals surface area (Å²) in [5, 5.41) is 8.86. The number of benzene rings is 1. The van der Waals surface area contributed by atoms with Gasteiger partial charge in [-0.2, -0.15) is 0 Å². The molecule has 0 aliphatic carbocycles. The average Bonchev–Trinajstić information content (AvgIpc) is 2.39. The Balaban J connectivity index is 2.12. The molecule has 0 aliphatic rings. The first-order chi connectivity index (χ1) is 9.06. The number of pyridine rings is 1. The average molecular weight is 278 g/mol. The van der Waals surface area contributed by atoms with Gasteiger partial charge in [0.25, 0.3) is 0 Å². The lowest BCUT2D eigenvalue weighted by atomic mass is 10.1. The molecule has 2 aromatic rings. The summed E-state index contributed by atoms with van der Waals surface area (Å²) in [7, 11) is 0. The SMILES string of the molecule is Nc1ccc(SCc2cc(C(=O)O)ccc2F)cn1. The van der Waals surface area contributed by atoms with Crippen molar-refractivity contribution < 1.29 is 14.3 Å². The number of nitrogens with zero attached hydrogens (tertiary/aromatic N) is 1. The molecule has 0 bridgehead atoms. The van der Waals surface area contributed by atoms with Gasteiger partial charge in [0, 0.05) is 16.8 Å². The minimum atomic E-state index is -1.07. The lowest BCUT2D eigenvalue weighted by molar-refractivity contribution is 0.0696. The van der Waals surface area contributed by atoms with E-state index in [4.69, 9.17) is 10.8 Å². The molecule has 1 heterocycles. The summed E-state index contributed by atoms with van der Waals surface area (Å²) in [5.74, 6) is -0.733. The smallest absolute Gasteiger partial charge is 0.335 e. The first-order valence-electron chi connectivity index (χ1n) is 5.42. The third-order valence-electron chi connectivity index (χ3n) is 2.45. The number of halogens is 1. The molecular weight excluding hydrogens is 267 g/mol. The maximum atomic E-state index is 13.6. The third kappa shape index (κ3) is 3.45. The maximum Gasteiger partial charge on any atom is 0.335 e. The standard InChI is InChI=1S/C13H11FN2O2S/c14-11-3-1-8(13(17)18)5-9(11)7-19-10-2-4-12(15)16-6-10/h1-6H,7H2,(H2,15,16)(H,17,18). The van der Waals surface area contributed by atoms with Gasteiger partial charge in [0.2, 0.25) is 0 Å². The summed E-state index contributed by atoms with van der Waals surface area (Å²) in [6.07, 6.45) is 1.60. The number of aromatic nitrogens is 1. The summed E-state index contributed by atoms with van der Waals surface area (Å²) in [5.41, 5.74) is 5.89. The molecule has 1 aromatic heterocycles. The van der Waals surface area contributed by atoms with Gasteiger partial charge < -0.3 is 10.8 Å². The molecule has 3 N–H and O–H groups in total. The highest BCUT2D eigenvalue weighted by Crippen LogP contribution is 2.24. The Bertz CT molecular complexity index is 602. The minimum absolute atomic E-state index is 0.0763. The van der Waals surface area contributed by atoms with Crippen LogP contribution < -0.4 is 5.73 Å². The van der Waals surface area contributed by atoms with Crippen LogP contribution in [0.5, 0.6) is 0 Å². The zero-order chi connectivity index (χ0) is 13.8. The Morgan fingerprint density at radius 1 is 1.37 bits per heavy atom. The van der Waals surface area contributed by atoms with E-state index in [0.29, 0.717) is 17.1 Å². The number of carbonyl (C=O) groups is 1. The third-order valence-corrected chi connectivity index (χ3v) is 3.48. The van der Waals surface area contributed by atoms with Gasteiger partial charge in [-0.15, -0.1) is 11.8 Å². The van der Waals surface area contributed by atoms with Crippen molar-refractivity contribution in [2.45, 2.75) is 10.6 Å². The molecule has 0 unspecified atom stereocenters. The van der Waals surface area contributed by atoms with E-state index < -0.39 is 11.8 Å². The van der Waals surface area contributed by atoms with Crippen molar-refractivity contribution >= 4 is 23.5 Å². The van der Waals surface area contributed by atoms with E-state index in [2.05, 4.69) is 4.98 Å². The fourth-order valence-electron chi connectivity index (χ4n) is 1.46. The Hall–Kier alpha value is -2.08. The van der Waals surface area contributed by atoms with Crippen LogP contribution in [0.2, 0.25) is 0 Å². The van der Waals surface area contributed by atoms with Gasteiger partial charge in [-0.3, -0.25) is 0 Å². The second-order valence-corrected chi connectivity index (χ2v) is 4.87. The molecule has 4 nitrogen and oxygen atoms in total. The Morgan fingerprint density at radius 2 is 2.16 bits per heavy atom. The van der Waals surface area contributed by atoms with E-state index in [1.807, 2.05) is 0 Å². The van der Waals surface area contributed by atoms with E-state index in [0.717, 1.165) is 4.90 Å². The van der Waals surface area contributed by atoms with Crippen LogP contribution in [-0.4, -0.2) is 16.1 Å². The predicted octanol–water partition coefficient (Wildman–Crippen LogP) is 2.79. The van der Waals surface area contributed by atoms with Crippen molar-refractivity contribution in [2.24, 2.45) is 0 Å². The first-order valence-corrected chi connectivity index (χ1v) is 6.41. The highest BCUT2D eigenvalue weighted by Gasteiger charge is 2.08. The topological polar surface area (TPSA) is 76.2 Å². The van der Waals surface area contributed by atoms with Crippen molar-refractivity contribution in [3.8, 4) is 0 Å². The minimum Gasteiger partial charge on any atom is -0.478 e. The van der Waals surface area contributed by atoms with Crippen molar-refractivity contribution in [3.05, 3.63) is 53.5 Å². The summed E-state index contributed by atoms with van der Waals surface area (Å²) in [6.45, 7) is 0. The van der Waals surface area contributed by atoms with Gasteiger partial charge in [0.1, 0.15) is 11.6 Å². The molecule has 19 heavy (non-hydrogen) atoms. The Kier molecular flexibility index (Phi) is 4.01. The number of anilines is 1. The van der Waals surface area contributed by atoms with Gasteiger partial charge >= 0.3 is 5.97 Å². The summed E-state index contributed by atoms with van der Waals surface area (Å²) >= 11 is 1.37. The van der Waals surface area contributed by atoms with E-state index in [1.165, 1.54) is 30.0 Å². The molecular formula is C13H11FN2O2S. The predicted molar refractivity (Wildman–Crippen MR) is 71.6 cm³/mol. The summed E-state index contributed by atoms with van der Waals surface area (Å²) in [6, 6.07) is 7.20. The second-order valence-electron chi connectivity index (χ2n) is 3.82. The highest BCUT2D eigenvalue weighted by atomic mass is 32.2. The largest absolute Gasteiger partial charge is 0.478 e. The van der Waals surface area contributed by atoms with Crippen LogP contribution in [0.3, 0.4) is 0 Å². The fourth-order valence-corrected chi connectivity index (χ4v) is 2.29. The molecule has 1 aromatic carbocycles. The molecule has 0 radical (unpaired) electrons. The van der Waals surface area contributed by atoms with Crippen LogP contribution in [0.25, 0.3) is 0 Å². The summed E-state index contributed by atoms with van der Waals surface area (Å²) < 4.78 is 13.6. The Morgan fingerprint density at radius 3 is 2.79 bits per heavy atom. The first kappa shape index (κ1) is 13.4. The van der Waals surface area contributed by atoms with Gasteiger partial charge in [0.15, 0.2) is 0 Å².